The quantitative estimate of drug-likeness (QED) is 0.287. The number of carbonyl (C=O) groups is 2. The van der Waals surface area contributed by atoms with Crippen LogP contribution >= 0.6 is 11.8 Å². The van der Waals surface area contributed by atoms with Crippen LogP contribution in [0.15, 0.2) is 84.0 Å². The van der Waals surface area contributed by atoms with E-state index in [0.29, 0.717) is 17.1 Å². The Bertz CT molecular complexity index is 1290. The van der Waals surface area contributed by atoms with Crippen molar-refractivity contribution < 1.29 is 9.59 Å². The summed E-state index contributed by atoms with van der Waals surface area (Å²) in [4.78, 5) is 24.7. The van der Waals surface area contributed by atoms with Crippen LogP contribution in [0.4, 0.5) is 0 Å². The lowest BCUT2D eigenvalue weighted by Crippen LogP contribution is -2.31. The first kappa shape index (κ1) is 23.4. The summed E-state index contributed by atoms with van der Waals surface area (Å²) in [6.45, 7) is 4.09. The lowest BCUT2D eigenvalue weighted by molar-refractivity contribution is -0.118. The van der Waals surface area contributed by atoms with Gasteiger partial charge in [0.1, 0.15) is 5.82 Å². The summed E-state index contributed by atoms with van der Waals surface area (Å²) in [5.41, 5.74) is 4.98. The highest BCUT2D eigenvalue weighted by Gasteiger charge is 2.18. The van der Waals surface area contributed by atoms with Crippen molar-refractivity contribution in [2.45, 2.75) is 25.4 Å². The Morgan fingerprint density at radius 3 is 2.32 bits per heavy atom. The van der Waals surface area contributed by atoms with E-state index in [2.05, 4.69) is 59.7 Å². The first-order valence-electron chi connectivity index (χ1n) is 11.0. The normalized spacial score (nSPS) is 10.8. The third-order valence-electron chi connectivity index (χ3n) is 5.37. The second kappa shape index (κ2) is 10.9. The van der Waals surface area contributed by atoms with Gasteiger partial charge in [-0.25, -0.2) is 0 Å². The number of thioether (sulfide) groups is 1. The van der Waals surface area contributed by atoms with Crippen molar-refractivity contribution in [3.8, 4) is 5.69 Å². The molecule has 0 saturated heterocycles. The molecule has 0 bridgehead atoms. The van der Waals surface area contributed by atoms with Gasteiger partial charge < -0.3 is 5.32 Å². The standard InChI is InChI=1S/C27H26N4O2S/c1-19-13-14-23(20(2)15-19)31-25(16-21-9-5-3-6-10-21)29-30-27(31)34-18-26(33)28-17-24(32)22-11-7-4-8-12-22/h3-15H,16-18H2,1-2H3,(H,28,33). The van der Waals surface area contributed by atoms with Crippen LogP contribution in [0.25, 0.3) is 5.69 Å². The van der Waals surface area contributed by atoms with Gasteiger partial charge in [-0.3, -0.25) is 14.2 Å². The lowest BCUT2D eigenvalue weighted by atomic mass is 10.1. The van der Waals surface area contributed by atoms with Crippen LogP contribution in [0.1, 0.15) is 32.9 Å². The average Bonchev–Trinajstić information content (AvgIpc) is 3.24. The average molecular weight is 471 g/mol. The fourth-order valence-corrected chi connectivity index (χ4v) is 4.46. The Balaban J connectivity index is 1.49. The van der Waals surface area contributed by atoms with Gasteiger partial charge in [-0.05, 0) is 31.0 Å². The van der Waals surface area contributed by atoms with Gasteiger partial charge in [0.15, 0.2) is 10.9 Å². The van der Waals surface area contributed by atoms with E-state index < -0.39 is 0 Å². The second-order valence-corrected chi connectivity index (χ2v) is 8.98. The molecule has 0 radical (unpaired) electrons. The number of benzene rings is 3. The number of Topliss-reactive ketones (excluding diaryl/α,β-unsaturated/α-hetero) is 1. The summed E-state index contributed by atoms with van der Waals surface area (Å²) in [6, 6.07) is 25.3. The van der Waals surface area contributed by atoms with E-state index in [4.69, 9.17) is 0 Å². The molecule has 6 nitrogen and oxygen atoms in total. The number of nitrogens with one attached hydrogen (secondary N) is 1. The molecule has 0 aliphatic rings. The minimum Gasteiger partial charge on any atom is -0.348 e. The minimum atomic E-state index is -0.228. The lowest BCUT2D eigenvalue weighted by Gasteiger charge is -2.13. The van der Waals surface area contributed by atoms with E-state index in [1.165, 1.54) is 17.3 Å². The third-order valence-corrected chi connectivity index (χ3v) is 6.30. The Morgan fingerprint density at radius 1 is 0.912 bits per heavy atom. The van der Waals surface area contributed by atoms with Crippen molar-refractivity contribution >= 4 is 23.5 Å². The molecule has 1 aromatic heterocycles. The van der Waals surface area contributed by atoms with Crippen molar-refractivity contribution in [2.24, 2.45) is 0 Å². The highest BCUT2D eigenvalue weighted by atomic mass is 32.2. The molecule has 0 saturated carbocycles. The number of rotatable bonds is 9. The zero-order valence-corrected chi connectivity index (χ0v) is 20.0. The first-order chi connectivity index (χ1) is 16.5. The summed E-state index contributed by atoms with van der Waals surface area (Å²) in [5.74, 6) is 0.591. The van der Waals surface area contributed by atoms with Crippen LogP contribution in [0.3, 0.4) is 0 Å². The molecule has 0 aliphatic heterocycles. The van der Waals surface area contributed by atoms with Crippen LogP contribution < -0.4 is 5.32 Å². The summed E-state index contributed by atoms with van der Waals surface area (Å²) in [5, 5.41) is 12.2. The Morgan fingerprint density at radius 2 is 1.62 bits per heavy atom. The van der Waals surface area contributed by atoms with E-state index in [9.17, 15) is 9.59 Å². The Labute approximate surface area is 203 Å². The number of carbonyl (C=O) groups excluding carboxylic acids is 2. The number of hydrogen-bond donors (Lipinski definition) is 1. The molecule has 4 rings (SSSR count). The van der Waals surface area contributed by atoms with Gasteiger partial charge in [0.25, 0.3) is 0 Å². The molecule has 1 N–H and O–H groups in total. The molecule has 0 fully saturated rings. The van der Waals surface area contributed by atoms with Crippen molar-refractivity contribution in [3.05, 3.63) is 107 Å². The zero-order chi connectivity index (χ0) is 23.9. The van der Waals surface area contributed by atoms with E-state index >= 15 is 0 Å². The number of ketones is 1. The number of aromatic nitrogens is 3. The second-order valence-electron chi connectivity index (χ2n) is 8.04. The maximum absolute atomic E-state index is 12.5. The fourth-order valence-electron chi connectivity index (χ4n) is 3.67. The molecule has 7 heteroatoms. The van der Waals surface area contributed by atoms with Crippen molar-refractivity contribution in [1.82, 2.24) is 20.1 Å². The minimum absolute atomic E-state index is 0.0353. The fraction of sp³-hybridized carbons (Fsp3) is 0.185. The van der Waals surface area contributed by atoms with E-state index in [1.807, 2.05) is 28.8 Å². The van der Waals surface area contributed by atoms with Gasteiger partial charge in [0, 0.05) is 12.0 Å². The van der Waals surface area contributed by atoms with E-state index in [0.717, 1.165) is 22.6 Å². The molecular weight excluding hydrogens is 444 g/mol. The summed E-state index contributed by atoms with van der Waals surface area (Å²) >= 11 is 1.31. The van der Waals surface area contributed by atoms with Crippen molar-refractivity contribution in [1.29, 1.82) is 0 Å². The topological polar surface area (TPSA) is 76.9 Å². The molecule has 1 amide bonds. The maximum atomic E-state index is 12.5. The molecular formula is C27H26N4O2S. The largest absolute Gasteiger partial charge is 0.348 e. The van der Waals surface area contributed by atoms with Gasteiger partial charge in [0.2, 0.25) is 5.91 Å². The molecule has 34 heavy (non-hydrogen) atoms. The monoisotopic (exact) mass is 470 g/mol. The molecule has 172 valence electrons. The number of aryl methyl sites for hydroxylation is 2. The summed E-state index contributed by atoms with van der Waals surface area (Å²) in [6.07, 6.45) is 0.624. The maximum Gasteiger partial charge on any atom is 0.230 e. The predicted octanol–water partition coefficient (Wildman–Crippen LogP) is 4.57. The van der Waals surface area contributed by atoms with Gasteiger partial charge in [-0.15, -0.1) is 10.2 Å². The molecule has 3 aromatic carbocycles. The Kier molecular flexibility index (Phi) is 7.54. The van der Waals surface area contributed by atoms with Crippen LogP contribution in [-0.2, 0) is 11.2 Å². The van der Waals surface area contributed by atoms with Crippen LogP contribution in [-0.4, -0.2) is 38.8 Å². The molecule has 0 unspecified atom stereocenters. The summed E-state index contributed by atoms with van der Waals surface area (Å²) < 4.78 is 2.02. The molecule has 4 aromatic rings. The van der Waals surface area contributed by atoms with Crippen molar-refractivity contribution in [2.75, 3.05) is 12.3 Å². The number of amides is 1. The number of nitrogens with zero attached hydrogens (tertiary/aromatic N) is 3. The van der Waals surface area contributed by atoms with E-state index in [1.54, 1.807) is 24.3 Å². The van der Waals surface area contributed by atoms with Crippen LogP contribution in [0, 0.1) is 13.8 Å². The molecule has 0 spiro atoms. The zero-order valence-electron chi connectivity index (χ0n) is 19.2. The third kappa shape index (κ3) is 5.80. The van der Waals surface area contributed by atoms with Crippen LogP contribution in [0.2, 0.25) is 0 Å². The first-order valence-corrected chi connectivity index (χ1v) is 12.0. The summed E-state index contributed by atoms with van der Waals surface area (Å²) in [7, 11) is 0. The van der Waals surface area contributed by atoms with Gasteiger partial charge in [-0.1, -0.05) is 90.1 Å². The Hall–Kier alpha value is -3.71. The predicted molar refractivity (Wildman–Crippen MR) is 135 cm³/mol. The van der Waals surface area contributed by atoms with Gasteiger partial charge in [0.05, 0.1) is 18.0 Å². The smallest absolute Gasteiger partial charge is 0.230 e. The van der Waals surface area contributed by atoms with Gasteiger partial charge >= 0.3 is 0 Å². The number of hydrogen-bond acceptors (Lipinski definition) is 5. The van der Waals surface area contributed by atoms with Crippen LogP contribution in [0.5, 0.6) is 0 Å². The van der Waals surface area contributed by atoms with Gasteiger partial charge in [-0.2, -0.15) is 0 Å². The molecule has 0 atom stereocenters. The molecule has 0 aliphatic carbocycles. The van der Waals surface area contributed by atoms with E-state index in [-0.39, 0.29) is 24.0 Å². The van der Waals surface area contributed by atoms with Crippen molar-refractivity contribution in [3.63, 3.8) is 0 Å². The highest BCUT2D eigenvalue weighted by molar-refractivity contribution is 7.99. The highest BCUT2D eigenvalue weighted by Crippen LogP contribution is 2.26. The SMILES string of the molecule is Cc1ccc(-n2c(Cc3ccccc3)nnc2SCC(=O)NCC(=O)c2ccccc2)c(C)c1. The molecule has 1 heterocycles.